The first-order valence-electron chi connectivity index (χ1n) is 9.68. The lowest BCUT2D eigenvalue weighted by atomic mass is 9.99. The molecule has 174 valence electrons. The summed E-state index contributed by atoms with van der Waals surface area (Å²) in [6.07, 6.45) is -9.46. The van der Waals surface area contributed by atoms with Crippen molar-refractivity contribution in [1.82, 2.24) is 9.97 Å². The quantitative estimate of drug-likeness (QED) is 0.532. The number of halogens is 6. The van der Waals surface area contributed by atoms with E-state index in [-0.39, 0.29) is 22.0 Å². The highest BCUT2D eigenvalue weighted by molar-refractivity contribution is 6.03. The molecule has 0 bridgehead atoms. The minimum absolute atomic E-state index is 0.0161. The van der Waals surface area contributed by atoms with Crippen LogP contribution in [0.25, 0.3) is 11.5 Å². The normalized spacial score (nSPS) is 19.2. The zero-order valence-corrected chi connectivity index (χ0v) is 16.9. The van der Waals surface area contributed by atoms with Gasteiger partial charge in [-0.1, -0.05) is 31.2 Å². The second-order valence-electron chi connectivity index (χ2n) is 7.31. The van der Waals surface area contributed by atoms with E-state index in [0.29, 0.717) is 12.5 Å². The lowest BCUT2D eigenvalue weighted by molar-refractivity contribution is -0.254. The van der Waals surface area contributed by atoms with Crippen molar-refractivity contribution in [3.63, 3.8) is 0 Å². The first-order chi connectivity index (χ1) is 15.4. The standard InChI is InChI=1S/C21H16F6N4O2/c1-2-12-5-7-13(8-6-12)15-11-19(32,21(25,26)27)31(30-15)18-28-14(16-4-3-9-33-16)10-17(29-18)20(22,23)24/h3-10,32H,2,11H2,1H3/t19-/m0/s1. The Balaban J connectivity index is 1.87. The van der Waals surface area contributed by atoms with Crippen molar-refractivity contribution in [3.05, 3.63) is 65.5 Å². The average Bonchev–Trinajstić information content (AvgIpc) is 3.41. The second kappa shape index (κ2) is 7.87. The van der Waals surface area contributed by atoms with E-state index in [4.69, 9.17) is 4.42 Å². The Morgan fingerprint density at radius 3 is 2.30 bits per heavy atom. The van der Waals surface area contributed by atoms with Crippen molar-refractivity contribution in [2.75, 3.05) is 5.01 Å². The maximum atomic E-state index is 13.9. The lowest BCUT2D eigenvalue weighted by Gasteiger charge is -2.32. The Labute approximate surface area is 183 Å². The van der Waals surface area contributed by atoms with E-state index in [9.17, 15) is 31.4 Å². The summed E-state index contributed by atoms with van der Waals surface area (Å²) >= 11 is 0. The van der Waals surface area contributed by atoms with Gasteiger partial charge >= 0.3 is 12.4 Å². The third-order valence-corrected chi connectivity index (χ3v) is 5.10. The summed E-state index contributed by atoms with van der Waals surface area (Å²) in [5.41, 5.74) is -4.58. The van der Waals surface area contributed by atoms with Crippen LogP contribution in [0.1, 0.15) is 30.2 Å². The molecule has 33 heavy (non-hydrogen) atoms. The van der Waals surface area contributed by atoms with Crippen LogP contribution in [0.2, 0.25) is 0 Å². The summed E-state index contributed by atoms with van der Waals surface area (Å²) in [5.74, 6) is -1.20. The lowest BCUT2D eigenvalue weighted by Crippen LogP contribution is -2.55. The van der Waals surface area contributed by atoms with Crippen LogP contribution < -0.4 is 5.01 Å². The smallest absolute Gasteiger partial charge is 0.438 e. The molecule has 0 fully saturated rings. The van der Waals surface area contributed by atoms with Gasteiger partial charge in [0.15, 0.2) is 11.5 Å². The summed E-state index contributed by atoms with van der Waals surface area (Å²) in [6.45, 7) is 1.90. The molecule has 2 aromatic heterocycles. The average molecular weight is 470 g/mol. The van der Waals surface area contributed by atoms with Gasteiger partial charge in [0.2, 0.25) is 5.95 Å². The summed E-state index contributed by atoms with van der Waals surface area (Å²) in [5, 5.41) is 14.4. The minimum Gasteiger partial charge on any atom is -0.463 e. The van der Waals surface area contributed by atoms with E-state index in [0.717, 1.165) is 5.56 Å². The van der Waals surface area contributed by atoms with Gasteiger partial charge in [-0.3, -0.25) is 0 Å². The van der Waals surface area contributed by atoms with Crippen molar-refractivity contribution in [1.29, 1.82) is 0 Å². The fourth-order valence-corrected chi connectivity index (χ4v) is 3.30. The van der Waals surface area contributed by atoms with Crippen LogP contribution in [-0.2, 0) is 12.6 Å². The summed E-state index contributed by atoms with van der Waals surface area (Å²) in [6, 6.07) is 9.63. The Morgan fingerprint density at radius 1 is 1.06 bits per heavy atom. The van der Waals surface area contributed by atoms with Crippen molar-refractivity contribution >= 4 is 11.7 Å². The third kappa shape index (κ3) is 4.17. The largest absolute Gasteiger partial charge is 0.463 e. The van der Waals surface area contributed by atoms with Gasteiger partial charge in [-0.05, 0) is 35.7 Å². The minimum atomic E-state index is -5.29. The van der Waals surface area contributed by atoms with Crippen LogP contribution in [-0.4, -0.2) is 32.7 Å². The summed E-state index contributed by atoms with van der Waals surface area (Å²) in [4.78, 5) is 7.03. The molecule has 0 amide bonds. The van der Waals surface area contributed by atoms with Gasteiger partial charge in [-0.15, -0.1) is 0 Å². The van der Waals surface area contributed by atoms with Crippen LogP contribution >= 0.6 is 0 Å². The molecule has 1 atom stereocenters. The van der Waals surface area contributed by atoms with E-state index in [1.807, 2.05) is 6.92 Å². The molecule has 1 aliphatic rings. The third-order valence-electron chi connectivity index (χ3n) is 5.10. The van der Waals surface area contributed by atoms with Crippen molar-refractivity contribution in [3.8, 4) is 11.5 Å². The fourth-order valence-electron chi connectivity index (χ4n) is 3.30. The first kappa shape index (κ1) is 22.8. The molecule has 12 heteroatoms. The zero-order valence-electron chi connectivity index (χ0n) is 16.9. The molecule has 4 rings (SSSR count). The number of aliphatic hydroxyl groups is 1. The Hall–Kier alpha value is -3.41. The Kier molecular flexibility index (Phi) is 5.43. The van der Waals surface area contributed by atoms with Gasteiger partial charge in [0, 0.05) is 0 Å². The summed E-state index contributed by atoms with van der Waals surface area (Å²) in [7, 11) is 0. The number of alkyl halides is 6. The molecule has 0 saturated carbocycles. The summed E-state index contributed by atoms with van der Waals surface area (Å²) < 4.78 is 87.2. The maximum Gasteiger partial charge on any atom is 0.438 e. The van der Waals surface area contributed by atoms with Gasteiger partial charge in [0.05, 0.1) is 18.4 Å². The van der Waals surface area contributed by atoms with Crippen LogP contribution in [0, 0.1) is 0 Å². The van der Waals surface area contributed by atoms with Crippen LogP contribution in [0.4, 0.5) is 32.3 Å². The Bertz CT molecular complexity index is 1170. The second-order valence-corrected chi connectivity index (χ2v) is 7.31. The molecule has 6 nitrogen and oxygen atoms in total. The highest BCUT2D eigenvalue weighted by atomic mass is 19.4. The van der Waals surface area contributed by atoms with Crippen LogP contribution in [0.15, 0.2) is 58.2 Å². The van der Waals surface area contributed by atoms with Gasteiger partial charge in [0.1, 0.15) is 5.69 Å². The predicted octanol–water partition coefficient (Wildman–Crippen LogP) is 5.18. The number of aryl methyl sites for hydroxylation is 1. The SMILES string of the molecule is CCc1ccc(C2=NN(c3nc(-c4ccco4)cc(C(F)(F)F)n3)[C@@](O)(C(F)(F)F)C2)cc1. The fraction of sp³-hybridized carbons (Fsp3) is 0.286. The van der Waals surface area contributed by atoms with E-state index in [1.54, 1.807) is 12.1 Å². The van der Waals surface area contributed by atoms with Gasteiger partial charge in [0.25, 0.3) is 5.72 Å². The topological polar surface area (TPSA) is 74.8 Å². The molecule has 0 aliphatic carbocycles. The van der Waals surface area contributed by atoms with Gasteiger partial charge in [-0.25, -0.2) is 9.97 Å². The predicted molar refractivity (Wildman–Crippen MR) is 105 cm³/mol. The number of aromatic nitrogens is 2. The van der Waals surface area contributed by atoms with Crippen molar-refractivity contribution < 1.29 is 35.9 Å². The molecular weight excluding hydrogens is 454 g/mol. The molecule has 3 heterocycles. The number of furan rings is 1. The molecule has 0 spiro atoms. The highest BCUT2D eigenvalue weighted by Gasteiger charge is 2.63. The number of rotatable bonds is 4. The number of hydrogen-bond acceptors (Lipinski definition) is 6. The van der Waals surface area contributed by atoms with Gasteiger partial charge in [-0.2, -0.15) is 36.5 Å². The molecule has 0 saturated heterocycles. The Morgan fingerprint density at radius 2 is 1.76 bits per heavy atom. The zero-order chi connectivity index (χ0) is 24.0. The van der Waals surface area contributed by atoms with E-state index in [2.05, 4.69) is 15.1 Å². The van der Waals surface area contributed by atoms with Crippen molar-refractivity contribution in [2.45, 2.75) is 37.8 Å². The van der Waals surface area contributed by atoms with E-state index in [1.165, 1.54) is 30.5 Å². The number of benzene rings is 1. The molecule has 1 aromatic carbocycles. The molecule has 1 N–H and O–H groups in total. The van der Waals surface area contributed by atoms with Crippen LogP contribution in [0.3, 0.4) is 0 Å². The molecule has 3 aromatic rings. The first-order valence-corrected chi connectivity index (χ1v) is 9.68. The van der Waals surface area contributed by atoms with Crippen LogP contribution in [0.5, 0.6) is 0 Å². The monoisotopic (exact) mass is 470 g/mol. The number of nitrogens with zero attached hydrogens (tertiary/aromatic N) is 4. The molecular formula is C21H16F6N4O2. The molecule has 1 aliphatic heterocycles. The maximum absolute atomic E-state index is 13.9. The number of hydrogen-bond donors (Lipinski definition) is 1. The van der Waals surface area contributed by atoms with E-state index < -0.39 is 41.8 Å². The number of anilines is 1. The highest BCUT2D eigenvalue weighted by Crippen LogP contribution is 2.44. The van der Waals surface area contributed by atoms with Gasteiger partial charge < -0.3 is 9.52 Å². The molecule has 0 radical (unpaired) electrons. The molecule has 0 unspecified atom stereocenters. The number of hydrazone groups is 1. The van der Waals surface area contributed by atoms with Crippen molar-refractivity contribution in [2.24, 2.45) is 5.10 Å². The van der Waals surface area contributed by atoms with E-state index >= 15 is 0 Å².